The van der Waals surface area contributed by atoms with E-state index in [1.807, 2.05) is 0 Å². The molecule has 2 aromatic carbocycles. The van der Waals surface area contributed by atoms with Crippen LogP contribution in [0.2, 0.25) is 0 Å². The van der Waals surface area contributed by atoms with Crippen LogP contribution in [0.1, 0.15) is 52.1 Å². The normalized spacial score (nSPS) is 20.1. The minimum Gasteiger partial charge on any atom is -0.470 e. The standard InChI is InChI=1S/C31H31F5N4O3/c32-23-14-20(15-24(33)17-23)19-39-11-9-25(10-12-39)38-29(41)27-7-6-21(18-37-27)30(42)40-13-8-22(31(34,35)36)16-28(40)43-26-4-2-1-3-5-26/h1-7,14-15,17-18,22,25,28H,8-13,16,19H2,(H,38,41). The van der Waals surface area contributed by atoms with E-state index < -0.39 is 48.2 Å². The fraction of sp³-hybridized carbons (Fsp3) is 0.387. The van der Waals surface area contributed by atoms with Crippen molar-refractivity contribution in [1.29, 1.82) is 0 Å². The first kappa shape index (κ1) is 30.4. The monoisotopic (exact) mass is 602 g/mol. The molecular weight excluding hydrogens is 571 g/mol. The third-order valence-electron chi connectivity index (χ3n) is 7.79. The van der Waals surface area contributed by atoms with E-state index in [-0.39, 0.29) is 30.3 Å². The summed E-state index contributed by atoms with van der Waals surface area (Å²) in [5, 5.41) is 2.93. The Balaban J connectivity index is 1.17. The largest absolute Gasteiger partial charge is 0.470 e. The Morgan fingerprint density at radius 3 is 2.26 bits per heavy atom. The second kappa shape index (κ2) is 13.1. The molecule has 2 saturated heterocycles. The number of ether oxygens (including phenoxy) is 1. The molecule has 0 saturated carbocycles. The average Bonchev–Trinajstić information content (AvgIpc) is 2.97. The number of nitrogens with one attached hydrogen (secondary N) is 1. The van der Waals surface area contributed by atoms with Gasteiger partial charge in [-0.3, -0.25) is 19.5 Å². The van der Waals surface area contributed by atoms with E-state index in [1.165, 1.54) is 35.4 Å². The number of carbonyl (C=O) groups excluding carboxylic acids is 2. The molecule has 7 nitrogen and oxygen atoms in total. The number of hydrogen-bond donors (Lipinski definition) is 1. The van der Waals surface area contributed by atoms with Crippen molar-refractivity contribution in [2.45, 2.75) is 50.7 Å². The van der Waals surface area contributed by atoms with E-state index >= 15 is 0 Å². The van der Waals surface area contributed by atoms with Crippen LogP contribution < -0.4 is 10.1 Å². The van der Waals surface area contributed by atoms with Crippen molar-refractivity contribution < 1.29 is 36.3 Å². The number of nitrogens with zero attached hydrogens (tertiary/aromatic N) is 3. The Morgan fingerprint density at radius 2 is 1.63 bits per heavy atom. The van der Waals surface area contributed by atoms with Crippen LogP contribution in [0.25, 0.3) is 0 Å². The van der Waals surface area contributed by atoms with Gasteiger partial charge in [-0.1, -0.05) is 18.2 Å². The number of carbonyl (C=O) groups is 2. The van der Waals surface area contributed by atoms with Crippen molar-refractivity contribution in [3.05, 3.63) is 95.3 Å². The summed E-state index contributed by atoms with van der Waals surface area (Å²) in [5.41, 5.74) is 0.773. The quantitative estimate of drug-likeness (QED) is 0.358. The highest BCUT2D eigenvalue weighted by Gasteiger charge is 2.46. The summed E-state index contributed by atoms with van der Waals surface area (Å²) in [5.74, 6) is -3.43. The van der Waals surface area contributed by atoms with Crippen LogP contribution >= 0.6 is 0 Å². The molecule has 3 aromatic rings. The van der Waals surface area contributed by atoms with Gasteiger partial charge >= 0.3 is 6.18 Å². The third-order valence-corrected chi connectivity index (χ3v) is 7.79. The number of benzene rings is 2. The van der Waals surface area contributed by atoms with Gasteiger partial charge in [-0.05, 0) is 61.2 Å². The second-order valence-electron chi connectivity index (χ2n) is 10.9. The minimum atomic E-state index is -4.40. The summed E-state index contributed by atoms with van der Waals surface area (Å²) < 4.78 is 73.3. The zero-order chi connectivity index (χ0) is 30.6. The zero-order valence-electron chi connectivity index (χ0n) is 23.2. The summed E-state index contributed by atoms with van der Waals surface area (Å²) in [4.78, 5) is 33.6. The first-order valence-electron chi connectivity index (χ1n) is 14.1. The molecule has 228 valence electrons. The molecule has 12 heteroatoms. The average molecular weight is 603 g/mol. The van der Waals surface area contributed by atoms with E-state index in [0.29, 0.717) is 43.8 Å². The third kappa shape index (κ3) is 7.86. The van der Waals surface area contributed by atoms with Gasteiger partial charge < -0.3 is 15.0 Å². The number of rotatable bonds is 7. The van der Waals surface area contributed by atoms with Crippen LogP contribution in [0.5, 0.6) is 5.75 Å². The van der Waals surface area contributed by atoms with Crippen LogP contribution in [-0.2, 0) is 6.54 Å². The number of hydrogen-bond acceptors (Lipinski definition) is 5. The Labute approximate surface area is 245 Å². The summed E-state index contributed by atoms with van der Waals surface area (Å²) in [6, 6.07) is 14.5. The molecule has 1 N–H and O–H groups in total. The maximum Gasteiger partial charge on any atom is 0.392 e. The number of likely N-dealkylation sites (tertiary alicyclic amines) is 2. The SMILES string of the molecule is O=C(NC1CCN(Cc2cc(F)cc(F)c2)CC1)c1ccc(C(=O)N2CCC(C(F)(F)F)CC2Oc2ccccc2)cn1. The van der Waals surface area contributed by atoms with Gasteiger partial charge in [0.2, 0.25) is 0 Å². The van der Waals surface area contributed by atoms with Crippen LogP contribution in [-0.4, -0.2) is 64.7 Å². The Kier molecular flexibility index (Phi) is 9.24. The highest BCUT2D eigenvalue weighted by Crippen LogP contribution is 2.37. The van der Waals surface area contributed by atoms with Gasteiger partial charge in [0.05, 0.1) is 11.5 Å². The van der Waals surface area contributed by atoms with Crippen LogP contribution in [0.3, 0.4) is 0 Å². The van der Waals surface area contributed by atoms with Crippen molar-refractivity contribution in [1.82, 2.24) is 20.1 Å². The lowest BCUT2D eigenvalue weighted by Gasteiger charge is -2.39. The Bertz CT molecular complexity index is 1390. The van der Waals surface area contributed by atoms with Gasteiger partial charge in [0.15, 0.2) is 6.23 Å². The number of aromatic nitrogens is 1. The van der Waals surface area contributed by atoms with Gasteiger partial charge in [-0.25, -0.2) is 8.78 Å². The number of pyridine rings is 1. The molecule has 2 aliphatic rings. The first-order chi connectivity index (χ1) is 20.5. The smallest absolute Gasteiger partial charge is 0.392 e. The van der Waals surface area contributed by atoms with Gasteiger partial charge in [0.25, 0.3) is 11.8 Å². The maximum atomic E-state index is 13.5. The Hall–Kier alpha value is -4.06. The fourth-order valence-electron chi connectivity index (χ4n) is 5.50. The minimum absolute atomic E-state index is 0.0991. The van der Waals surface area contributed by atoms with Gasteiger partial charge in [-0.15, -0.1) is 0 Å². The predicted octanol–water partition coefficient (Wildman–Crippen LogP) is 5.57. The van der Waals surface area contributed by atoms with Crippen LogP contribution in [0.4, 0.5) is 22.0 Å². The number of alkyl halides is 3. The van der Waals surface area contributed by atoms with Gasteiger partial charge in [-0.2, -0.15) is 13.2 Å². The molecule has 0 aliphatic carbocycles. The molecule has 0 spiro atoms. The lowest BCUT2D eigenvalue weighted by Crippen LogP contribution is -2.51. The van der Waals surface area contributed by atoms with Gasteiger partial charge in [0.1, 0.15) is 23.1 Å². The molecule has 0 bridgehead atoms. The number of para-hydroxylation sites is 1. The molecule has 0 radical (unpaired) electrons. The summed E-state index contributed by atoms with van der Waals surface area (Å²) in [7, 11) is 0. The van der Waals surface area contributed by atoms with Crippen molar-refractivity contribution in [3.8, 4) is 5.75 Å². The summed E-state index contributed by atoms with van der Waals surface area (Å²) in [6.07, 6.45) is -3.64. The van der Waals surface area contributed by atoms with E-state index in [0.717, 1.165) is 6.07 Å². The van der Waals surface area contributed by atoms with Crippen molar-refractivity contribution in [3.63, 3.8) is 0 Å². The highest BCUT2D eigenvalue weighted by molar-refractivity contribution is 5.96. The number of piperidine rings is 2. The maximum absolute atomic E-state index is 13.5. The Morgan fingerprint density at radius 1 is 0.930 bits per heavy atom. The number of amides is 2. The molecule has 2 amide bonds. The lowest BCUT2D eigenvalue weighted by molar-refractivity contribution is -0.197. The van der Waals surface area contributed by atoms with Crippen molar-refractivity contribution >= 4 is 11.8 Å². The summed E-state index contributed by atoms with van der Waals surface area (Å²) >= 11 is 0. The summed E-state index contributed by atoms with van der Waals surface area (Å²) in [6.45, 7) is 1.51. The van der Waals surface area contributed by atoms with E-state index in [4.69, 9.17) is 4.74 Å². The van der Waals surface area contributed by atoms with Crippen LogP contribution in [0.15, 0.2) is 66.9 Å². The van der Waals surface area contributed by atoms with E-state index in [9.17, 15) is 31.5 Å². The molecule has 1 aromatic heterocycles. The number of halogens is 5. The topological polar surface area (TPSA) is 74.8 Å². The lowest BCUT2D eigenvalue weighted by atomic mass is 9.94. The van der Waals surface area contributed by atoms with Crippen molar-refractivity contribution in [2.75, 3.05) is 19.6 Å². The molecule has 5 rings (SSSR count). The van der Waals surface area contributed by atoms with Crippen molar-refractivity contribution in [2.24, 2.45) is 5.92 Å². The fourth-order valence-corrected chi connectivity index (χ4v) is 5.50. The van der Waals surface area contributed by atoms with Crippen LogP contribution in [0, 0.1) is 17.6 Å². The van der Waals surface area contributed by atoms with E-state index in [1.54, 1.807) is 30.3 Å². The molecule has 2 unspecified atom stereocenters. The molecule has 43 heavy (non-hydrogen) atoms. The molecular formula is C31H31F5N4O3. The molecule has 2 aliphatic heterocycles. The first-order valence-corrected chi connectivity index (χ1v) is 14.1. The van der Waals surface area contributed by atoms with E-state index in [2.05, 4.69) is 15.2 Å². The molecule has 2 atom stereocenters. The predicted molar refractivity (Wildman–Crippen MR) is 147 cm³/mol. The van der Waals surface area contributed by atoms with Gasteiger partial charge in [0, 0.05) is 50.9 Å². The highest BCUT2D eigenvalue weighted by atomic mass is 19.4. The molecule has 2 fully saturated rings. The second-order valence-corrected chi connectivity index (χ2v) is 10.9. The zero-order valence-corrected chi connectivity index (χ0v) is 23.2. The molecule has 3 heterocycles.